The van der Waals surface area contributed by atoms with Crippen LogP contribution in [0.1, 0.15) is 34.6 Å². The molecule has 0 N–H and O–H groups in total. The van der Waals surface area contributed by atoms with E-state index in [1.807, 2.05) is 50.2 Å². The lowest BCUT2D eigenvalue weighted by atomic mass is 10.2. The summed E-state index contributed by atoms with van der Waals surface area (Å²) in [6.45, 7) is 10.3. The van der Waals surface area contributed by atoms with Gasteiger partial charge in [0.05, 0.1) is 0 Å². The van der Waals surface area contributed by atoms with Crippen LogP contribution in [0.15, 0.2) is 60.7 Å². The normalized spacial score (nSPS) is 12.3. The van der Waals surface area contributed by atoms with Crippen LogP contribution >= 0.6 is 0 Å². The first-order valence-electron chi connectivity index (χ1n) is 8.13. The molecule has 0 spiro atoms. The Labute approximate surface area is 140 Å². The monoisotopic (exact) mass is 326 g/mol. The highest BCUT2D eigenvalue weighted by atomic mass is 28.4. The maximum atomic E-state index is 12.6. The van der Waals surface area contributed by atoms with Crippen LogP contribution in [0.2, 0.25) is 5.04 Å². The predicted molar refractivity (Wildman–Crippen MR) is 98.6 cm³/mol. The third-order valence-electron chi connectivity index (χ3n) is 4.14. The molecule has 2 aromatic carbocycles. The molecule has 0 heterocycles. The van der Waals surface area contributed by atoms with Crippen LogP contribution in [0.3, 0.4) is 0 Å². The van der Waals surface area contributed by atoms with Crippen molar-refractivity contribution in [2.75, 3.05) is 0 Å². The van der Waals surface area contributed by atoms with Crippen molar-refractivity contribution in [2.24, 2.45) is 5.92 Å². The van der Waals surface area contributed by atoms with Crippen LogP contribution in [0.4, 0.5) is 0 Å². The molecule has 0 atom stereocenters. The minimum atomic E-state index is -2.72. The van der Waals surface area contributed by atoms with Gasteiger partial charge in [-0.05, 0) is 15.4 Å². The van der Waals surface area contributed by atoms with Gasteiger partial charge in [-0.2, -0.15) is 0 Å². The van der Waals surface area contributed by atoms with Crippen molar-refractivity contribution in [3.05, 3.63) is 60.7 Å². The first kappa shape index (κ1) is 17.5. The molecule has 2 aromatic rings. The van der Waals surface area contributed by atoms with E-state index in [-0.39, 0.29) is 16.9 Å². The van der Waals surface area contributed by atoms with Gasteiger partial charge in [0.15, 0.2) is 0 Å². The average Bonchev–Trinajstić information content (AvgIpc) is 2.52. The minimum Gasteiger partial charge on any atom is -0.509 e. The van der Waals surface area contributed by atoms with E-state index in [0.29, 0.717) is 0 Å². The van der Waals surface area contributed by atoms with Gasteiger partial charge >= 0.3 is 8.32 Å². The highest BCUT2D eigenvalue weighted by molar-refractivity contribution is 7.00. The summed E-state index contributed by atoms with van der Waals surface area (Å²) < 4.78 is 6.34. The Morgan fingerprint density at radius 1 is 0.870 bits per heavy atom. The van der Waals surface area contributed by atoms with Crippen molar-refractivity contribution in [3.63, 3.8) is 0 Å². The molecule has 0 amide bonds. The fraction of sp³-hybridized carbons (Fsp3) is 0.350. The summed E-state index contributed by atoms with van der Waals surface area (Å²) in [5.41, 5.74) is 0. The molecule has 0 aliphatic rings. The van der Waals surface area contributed by atoms with Crippen molar-refractivity contribution >= 4 is 24.7 Å². The Hall–Kier alpha value is -1.87. The lowest BCUT2D eigenvalue weighted by molar-refractivity contribution is -0.138. The van der Waals surface area contributed by atoms with Crippen molar-refractivity contribution in [3.8, 4) is 0 Å². The molecule has 23 heavy (non-hydrogen) atoms. The molecule has 0 radical (unpaired) electrons. The maximum Gasteiger partial charge on any atom is 0.323 e. The average molecular weight is 327 g/mol. The molecule has 0 bridgehead atoms. The summed E-state index contributed by atoms with van der Waals surface area (Å²) in [7, 11) is -2.72. The quantitative estimate of drug-likeness (QED) is 0.800. The third-order valence-corrected chi connectivity index (χ3v) is 9.05. The van der Waals surface area contributed by atoms with Gasteiger partial charge in [0.25, 0.3) is 5.97 Å². The first-order chi connectivity index (χ1) is 10.8. The van der Waals surface area contributed by atoms with Gasteiger partial charge in [-0.15, -0.1) is 0 Å². The molecule has 122 valence electrons. The highest BCUT2D eigenvalue weighted by Gasteiger charge is 2.53. The van der Waals surface area contributed by atoms with E-state index in [0.717, 1.165) is 10.4 Å². The Kier molecular flexibility index (Phi) is 5.10. The van der Waals surface area contributed by atoms with Crippen LogP contribution < -0.4 is 10.4 Å². The van der Waals surface area contributed by atoms with Crippen molar-refractivity contribution in [2.45, 2.75) is 39.7 Å². The topological polar surface area (TPSA) is 26.3 Å². The molecule has 0 saturated carbocycles. The minimum absolute atomic E-state index is 0.126. The summed E-state index contributed by atoms with van der Waals surface area (Å²) in [5, 5.41) is 2.10. The van der Waals surface area contributed by atoms with Crippen molar-refractivity contribution < 1.29 is 9.22 Å². The first-order valence-corrected chi connectivity index (χ1v) is 10.0. The Morgan fingerprint density at radius 3 is 1.57 bits per heavy atom. The van der Waals surface area contributed by atoms with Gasteiger partial charge in [-0.25, -0.2) is 0 Å². The second kappa shape index (κ2) is 6.71. The molecule has 0 aliphatic heterocycles. The summed E-state index contributed by atoms with van der Waals surface area (Å²) in [6, 6.07) is 20.5. The summed E-state index contributed by atoms with van der Waals surface area (Å²) in [4.78, 5) is 12.6. The van der Waals surface area contributed by atoms with Crippen molar-refractivity contribution in [1.29, 1.82) is 0 Å². The standard InChI is InChI=1S/C20H26O2Si/c1-16(2)19(21)22-23(20(3,4)5,17-12-8-6-9-13-17)18-14-10-7-11-15-18/h6-16H,1-5H3. The number of hydrogen-bond acceptors (Lipinski definition) is 2. The fourth-order valence-electron chi connectivity index (χ4n) is 2.92. The zero-order valence-electron chi connectivity index (χ0n) is 14.7. The SMILES string of the molecule is CC(C)C(=O)O[Si](c1ccccc1)(c1ccccc1)C(C)(C)C. The summed E-state index contributed by atoms with van der Waals surface area (Å²) in [6.07, 6.45) is 0. The molecular formula is C20H26O2Si. The third kappa shape index (κ3) is 3.40. The lowest BCUT2D eigenvalue weighted by Gasteiger charge is -2.42. The van der Waals surface area contributed by atoms with E-state index < -0.39 is 8.32 Å². The lowest BCUT2D eigenvalue weighted by Crippen LogP contribution is -2.67. The number of carbonyl (C=O) groups is 1. The summed E-state index contributed by atoms with van der Waals surface area (Å²) in [5.74, 6) is -0.268. The van der Waals surface area contributed by atoms with Gasteiger partial charge < -0.3 is 4.43 Å². The fourth-order valence-corrected chi connectivity index (χ4v) is 7.39. The van der Waals surface area contributed by atoms with E-state index >= 15 is 0 Å². The Bertz CT molecular complexity index is 603. The number of rotatable bonds is 4. The van der Waals surface area contributed by atoms with E-state index in [1.165, 1.54) is 0 Å². The highest BCUT2D eigenvalue weighted by Crippen LogP contribution is 2.37. The van der Waals surface area contributed by atoms with E-state index in [1.54, 1.807) is 0 Å². The largest absolute Gasteiger partial charge is 0.509 e. The molecule has 0 aromatic heterocycles. The van der Waals surface area contributed by atoms with Crippen LogP contribution in [0.5, 0.6) is 0 Å². The van der Waals surface area contributed by atoms with Crippen LogP contribution in [0, 0.1) is 5.92 Å². The molecule has 0 fully saturated rings. The van der Waals surface area contributed by atoms with Gasteiger partial charge in [0, 0.05) is 5.92 Å². The zero-order valence-corrected chi connectivity index (χ0v) is 15.7. The second-order valence-corrected chi connectivity index (χ2v) is 11.5. The van der Waals surface area contributed by atoms with E-state index in [4.69, 9.17) is 4.43 Å². The number of hydrogen-bond donors (Lipinski definition) is 0. The molecule has 2 nitrogen and oxygen atoms in total. The Morgan fingerprint density at radius 2 is 1.26 bits per heavy atom. The van der Waals surface area contributed by atoms with Crippen LogP contribution in [0.25, 0.3) is 0 Å². The number of carbonyl (C=O) groups excluding carboxylic acids is 1. The van der Waals surface area contributed by atoms with Gasteiger partial charge in [0.1, 0.15) is 0 Å². The Balaban J connectivity index is 2.72. The molecule has 3 heteroatoms. The smallest absolute Gasteiger partial charge is 0.323 e. The molecule has 0 saturated heterocycles. The molecule has 0 unspecified atom stereocenters. The van der Waals surface area contributed by atoms with Gasteiger partial charge in [-0.3, -0.25) is 4.79 Å². The van der Waals surface area contributed by atoms with E-state index in [9.17, 15) is 4.79 Å². The summed E-state index contributed by atoms with van der Waals surface area (Å²) >= 11 is 0. The maximum absolute atomic E-state index is 12.6. The van der Waals surface area contributed by atoms with Gasteiger partial charge in [0.2, 0.25) is 0 Å². The van der Waals surface area contributed by atoms with Gasteiger partial charge in [-0.1, -0.05) is 95.3 Å². The predicted octanol–water partition coefficient (Wildman–Crippen LogP) is 3.75. The van der Waals surface area contributed by atoms with Crippen LogP contribution in [-0.4, -0.2) is 14.3 Å². The molecule has 0 aliphatic carbocycles. The van der Waals surface area contributed by atoms with Crippen molar-refractivity contribution in [1.82, 2.24) is 0 Å². The van der Waals surface area contributed by atoms with E-state index in [2.05, 4.69) is 45.0 Å². The molecule has 2 rings (SSSR count). The zero-order chi connectivity index (χ0) is 17.1. The second-order valence-electron chi connectivity index (χ2n) is 7.24. The number of benzene rings is 2. The van der Waals surface area contributed by atoms with Crippen LogP contribution in [-0.2, 0) is 9.22 Å². The molecular weight excluding hydrogens is 300 g/mol.